The van der Waals surface area contributed by atoms with Gasteiger partial charge in [0, 0.05) is 0 Å². The fraction of sp³-hybridized carbons (Fsp3) is 0.417. The van der Waals surface area contributed by atoms with Crippen LogP contribution in [-0.4, -0.2) is 21.1 Å². The van der Waals surface area contributed by atoms with E-state index in [-0.39, 0.29) is 16.9 Å². The SMILES string of the molecule is CC(C)(O)c1ccc2c(c1)S(=O)(=NC(=O)Cc1cc3c(c4c1CCC4)CCC3)NC2=O. The second-order valence-corrected chi connectivity index (χ2v) is 11.1. The summed E-state index contributed by atoms with van der Waals surface area (Å²) in [5, 5.41) is 10.3. The average Bonchev–Trinajstić information content (AvgIpc) is 3.39. The number of carbonyl (C=O) groups excluding carboxylic acids is 2. The number of aliphatic hydroxyl groups is 1. The molecule has 2 amide bonds. The largest absolute Gasteiger partial charge is 0.386 e. The van der Waals surface area contributed by atoms with E-state index in [1.165, 1.54) is 34.4 Å². The molecule has 1 aliphatic heterocycles. The Balaban J connectivity index is 1.52. The topological polar surface area (TPSA) is 95.8 Å². The summed E-state index contributed by atoms with van der Waals surface area (Å²) in [7, 11) is -3.43. The van der Waals surface area contributed by atoms with E-state index in [1.807, 2.05) is 0 Å². The number of benzene rings is 2. The van der Waals surface area contributed by atoms with Crippen molar-refractivity contribution in [3.05, 3.63) is 63.2 Å². The summed E-state index contributed by atoms with van der Waals surface area (Å²) in [4.78, 5) is 25.4. The molecule has 0 aromatic heterocycles. The van der Waals surface area contributed by atoms with Gasteiger partial charge in [0.25, 0.3) is 11.8 Å². The highest BCUT2D eigenvalue weighted by Crippen LogP contribution is 2.36. The van der Waals surface area contributed by atoms with Gasteiger partial charge < -0.3 is 5.11 Å². The minimum Gasteiger partial charge on any atom is -0.386 e. The quantitative estimate of drug-likeness (QED) is 0.770. The molecule has 162 valence electrons. The lowest BCUT2D eigenvalue weighted by molar-refractivity contribution is -0.117. The van der Waals surface area contributed by atoms with Crippen molar-refractivity contribution in [2.45, 2.75) is 69.3 Å². The Kier molecular flexibility index (Phi) is 4.61. The van der Waals surface area contributed by atoms with E-state index < -0.39 is 27.3 Å². The average molecular weight is 439 g/mol. The number of rotatable bonds is 3. The third kappa shape index (κ3) is 3.40. The summed E-state index contributed by atoms with van der Waals surface area (Å²) >= 11 is 0. The maximum absolute atomic E-state index is 13.5. The van der Waals surface area contributed by atoms with Gasteiger partial charge in [-0.05, 0) is 97.9 Å². The van der Waals surface area contributed by atoms with Crippen molar-refractivity contribution in [3.63, 3.8) is 0 Å². The molecule has 6 nitrogen and oxygen atoms in total. The summed E-state index contributed by atoms with van der Waals surface area (Å²) < 4.78 is 19.9. The highest BCUT2D eigenvalue weighted by Gasteiger charge is 2.34. The van der Waals surface area contributed by atoms with E-state index in [9.17, 15) is 18.9 Å². The smallest absolute Gasteiger partial charge is 0.265 e. The number of fused-ring (bicyclic) bond motifs is 4. The fourth-order valence-corrected chi connectivity index (χ4v) is 6.83. The maximum Gasteiger partial charge on any atom is 0.265 e. The van der Waals surface area contributed by atoms with Crippen molar-refractivity contribution in [1.82, 2.24) is 4.72 Å². The summed E-state index contributed by atoms with van der Waals surface area (Å²) in [6.07, 6.45) is 6.54. The van der Waals surface area contributed by atoms with E-state index in [0.29, 0.717) is 5.56 Å². The monoisotopic (exact) mass is 438 g/mol. The molecular weight excluding hydrogens is 412 g/mol. The molecule has 2 aromatic carbocycles. The van der Waals surface area contributed by atoms with Crippen molar-refractivity contribution in [2.24, 2.45) is 4.36 Å². The van der Waals surface area contributed by atoms with Crippen molar-refractivity contribution < 1.29 is 18.9 Å². The zero-order valence-corrected chi connectivity index (χ0v) is 18.6. The van der Waals surface area contributed by atoms with Gasteiger partial charge in [0.1, 0.15) is 0 Å². The molecule has 5 rings (SSSR count). The van der Waals surface area contributed by atoms with Crippen LogP contribution in [0.4, 0.5) is 0 Å². The fourth-order valence-electron chi connectivity index (χ4n) is 5.12. The van der Waals surface area contributed by atoms with Crippen LogP contribution in [0.15, 0.2) is 33.5 Å². The minimum atomic E-state index is -3.43. The molecule has 0 spiro atoms. The molecule has 0 bridgehead atoms. The Morgan fingerprint density at radius 2 is 1.81 bits per heavy atom. The molecule has 0 saturated heterocycles. The summed E-state index contributed by atoms with van der Waals surface area (Å²) in [5.41, 5.74) is 6.04. The van der Waals surface area contributed by atoms with Gasteiger partial charge in [-0.15, -0.1) is 4.36 Å². The first-order valence-electron chi connectivity index (χ1n) is 10.8. The van der Waals surface area contributed by atoms with Gasteiger partial charge in [0.2, 0.25) is 0 Å². The van der Waals surface area contributed by atoms with E-state index in [0.717, 1.165) is 44.1 Å². The lowest BCUT2D eigenvalue weighted by Gasteiger charge is -2.18. The molecule has 7 heteroatoms. The molecule has 0 radical (unpaired) electrons. The van der Waals surface area contributed by atoms with Gasteiger partial charge in [-0.25, -0.2) is 4.21 Å². The number of nitrogens with zero attached hydrogens (tertiary/aromatic N) is 1. The third-order valence-corrected chi connectivity index (χ3v) is 8.47. The van der Waals surface area contributed by atoms with Crippen LogP contribution in [0, 0.1) is 0 Å². The number of hydrogen-bond donors (Lipinski definition) is 2. The number of amides is 2. The molecule has 0 saturated carbocycles. The van der Waals surface area contributed by atoms with Crippen LogP contribution in [0.2, 0.25) is 0 Å². The Labute approximate surface area is 182 Å². The Morgan fingerprint density at radius 1 is 1.10 bits per heavy atom. The third-order valence-electron chi connectivity index (χ3n) is 6.61. The molecule has 2 N–H and O–H groups in total. The predicted octanol–water partition coefficient (Wildman–Crippen LogP) is 3.15. The molecule has 1 unspecified atom stereocenters. The van der Waals surface area contributed by atoms with Gasteiger partial charge >= 0.3 is 0 Å². The molecule has 31 heavy (non-hydrogen) atoms. The first kappa shape index (κ1) is 20.4. The molecule has 1 heterocycles. The summed E-state index contributed by atoms with van der Waals surface area (Å²) in [6, 6.07) is 6.80. The van der Waals surface area contributed by atoms with Gasteiger partial charge in [-0.3, -0.25) is 14.3 Å². The van der Waals surface area contributed by atoms with Gasteiger partial charge in [-0.2, -0.15) is 0 Å². The highest BCUT2D eigenvalue weighted by molar-refractivity contribution is 7.93. The lowest BCUT2D eigenvalue weighted by Crippen LogP contribution is -2.22. The van der Waals surface area contributed by atoms with Gasteiger partial charge in [0.05, 0.1) is 22.5 Å². The molecule has 0 fully saturated rings. The standard InChI is InChI=1S/C24H26N2O4S/c1-24(2,29)16-9-10-20-21(13-16)31(30,26-23(20)28)25-22(27)12-15-11-14-5-3-6-17(14)19-8-4-7-18(15)19/h9-11,13,29H,3-8,12H2,1-2H3,(H,25,26,27,28,30). The van der Waals surface area contributed by atoms with E-state index >= 15 is 0 Å². The number of hydrogen-bond acceptors (Lipinski definition) is 4. The zero-order chi connectivity index (χ0) is 22.0. The summed E-state index contributed by atoms with van der Waals surface area (Å²) in [6.45, 7) is 3.22. The zero-order valence-electron chi connectivity index (χ0n) is 17.8. The Bertz CT molecular complexity index is 1260. The van der Waals surface area contributed by atoms with Crippen LogP contribution in [0.25, 0.3) is 0 Å². The van der Waals surface area contributed by atoms with Crippen molar-refractivity contribution >= 4 is 21.7 Å². The van der Waals surface area contributed by atoms with Gasteiger partial charge in [0.15, 0.2) is 9.92 Å². The van der Waals surface area contributed by atoms with Gasteiger partial charge in [-0.1, -0.05) is 12.1 Å². The van der Waals surface area contributed by atoms with Crippen LogP contribution in [0.5, 0.6) is 0 Å². The lowest BCUT2D eigenvalue weighted by atomic mass is 9.93. The number of nitrogens with one attached hydrogen (secondary N) is 1. The molecule has 2 aliphatic carbocycles. The van der Waals surface area contributed by atoms with Crippen LogP contribution in [0.3, 0.4) is 0 Å². The second kappa shape index (κ2) is 7.00. The molecule has 3 aliphatic rings. The normalized spacial score (nSPS) is 21.5. The van der Waals surface area contributed by atoms with Crippen LogP contribution >= 0.6 is 0 Å². The molecular formula is C24H26N2O4S. The first-order chi connectivity index (χ1) is 14.7. The summed E-state index contributed by atoms with van der Waals surface area (Å²) in [5.74, 6) is -1.02. The second-order valence-electron chi connectivity index (χ2n) is 9.23. The van der Waals surface area contributed by atoms with Crippen molar-refractivity contribution in [1.29, 1.82) is 0 Å². The predicted molar refractivity (Wildman–Crippen MR) is 117 cm³/mol. The van der Waals surface area contributed by atoms with Crippen LogP contribution in [0.1, 0.15) is 70.4 Å². The minimum absolute atomic E-state index is 0.0863. The molecule has 2 aromatic rings. The Morgan fingerprint density at radius 3 is 2.58 bits per heavy atom. The number of aryl methyl sites for hydroxylation is 1. The Hall–Kier alpha value is -2.51. The number of carbonyl (C=O) groups is 2. The van der Waals surface area contributed by atoms with E-state index in [4.69, 9.17) is 0 Å². The van der Waals surface area contributed by atoms with Crippen molar-refractivity contribution in [2.75, 3.05) is 0 Å². The van der Waals surface area contributed by atoms with E-state index in [2.05, 4.69) is 15.2 Å². The van der Waals surface area contributed by atoms with Crippen molar-refractivity contribution in [3.8, 4) is 0 Å². The van der Waals surface area contributed by atoms with Crippen LogP contribution in [-0.2, 0) is 52.4 Å². The van der Waals surface area contributed by atoms with E-state index in [1.54, 1.807) is 19.9 Å². The molecule has 1 atom stereocenters. The highest BCUT2D eigenvalue weighted by atomic mass is 32.2. The first-order valence-corrected chi connectivity index (χ1v) is 12.3. The van der Waals surface area contributed by atoms with Crippen LogP contribution < -0.4 is 4.72 Å². The maximum atomic E-state index is 13.5.